The minimum Gasteiger partial charge on any atom is -0.386 e. The lowest BCUT2D eigenvalue weighted by atomic mass is 10.1. The summed E-state index contributed by atoms with van der Waals surface area (Å²) in [5.41, 5.74) is -0.461. The molecule has 0 saturated heterocycles. The van der Waals surface area contributed by atoms with Crippen LogP contribution in [0.1, 0.15) is 18.6 Å². The lowest BCUT2D eigenvalue weighted by Gasteiger charge is -2.12. The second kappa shape index (κ2) is 5.97. The van der Waals surface area contributed by atoms with Crippen LogP contribution in [-0.2, 0) is 4.79 Å². The van der Waals surface area contributed by atoms with E-state index >= 15 is 0 Å². The fraction of sp³-hybridized carbons (Fsp3) is 0.250. The number of benzene rings is 1. The van der Waals surface area contributed by atoms with E-state index in [1.807, 2.05) is 0 Å². The Morgan fingerprint density at radius 1 is 1.47 bits per heavy atom. The van der Waals surface area contributed by atoms with E-state index in [0.29, 0.717) is 0 Å². The summed E-state index contributed by atoms with van der Waals surface area (Å²) in [7, 11) is 0. The van der Waals surface area contributed by atoms with Crippen molar-refractivity contribution >= 4 is 5.91 Å². The Labute approximate surface area is 97.5 Å². The molecule has 0 bridgehead atoms. The molecule has 5 heteroatoms. The van der Waals surface area contributed by atoms with Gasteiger partial charge in [-0.15, -0.1) is 0 Å². The van der Waals surface area contributed by atoms with E-state index in [2.05, 4.69) is 17.2 Å². The number of rotatable bonds is 3. The van der Waals surface area contributed by atoms with Gasteiger partial charge in [-0.25, -0.2) is 8.78 Å². The van der Waals surface area contributed by atoms with Gasteiger partial charge in [-0.05, 0) is 25.0 Å². The topological polar surface area (TPSA) is 49.3 Å². The van der Waals surface area contributed by atoms with Gasteiger partial charge < -0.3 is 10.4 Å². The third-order valence-electron chi connectivity index (χ3n) is 2.03. The molecule has 0 aliphatic rings. The average Bonchev–Trinajstić information content (AvgIpc) is 2.26. The van der Waals surface area contributed by atoms with Crippen LogP contribution in [0, 0.1) is 23.5 Å². The van der Waals surface area contributed by atoms with Crippen molar-refractivity contribution in [3.63, 3.8) is 0 Å². The molecule has 0 fully saturated rings. The van der Waals surface area contributed by atoms with E-state index in [0.717, 1.165) is 12.1 Å². The third-order valence-corrected chi connectivity index (χ3v) is 2.03. The van der Waals surface area contributed by atoms with Gasteiger partial charge in [-0.2, -0.15) is 0 Å². The highest BCUT2D eigenvalue weighted by Crippen LogP contribution is 2.19. The molecular weight excluding hydrogens is 228 g/mol. The summed E-state index contributed by atoms with van der Waals surface area (Å²) in [5.74, 6) is 2.23. The molecule has 0 aromatic heterocycles. The predicted octanol–water partition coefficient (Wildman–Crippen LogP) is 1.14. The Hall–Kier alpha value is -1.93. The number of aliphatic hydroxyl groups excluding tert-OH is 1. The first-order valence-electron chi connectivity index (χ1n) is 4.88. The summed E-state index contributed by atoms with van der Waals surface area (Å²) in [6.07, 6.45) is -1.45. The number of carbonyl (C=O) groups excluding carboxylic acids is 1. The summed E-state index contributed by atoms with van der Waals surface area (Å²) in [5, 5.41) is 11.8. The van der Waals surface area contributed by atoms with Gasteiger partial charge in [0.05, 0.1) is 5.56 Å². The third kappa shape index (κ3) is 3.54. The molecule has 90 valence electrons. The number of carbonyl (C=O) groups is 1. The molecule has 1 amide bonds. The van der Waals surface area contributed by atoms with Crippen LogP contribution in [0.15, 0.2) is 18.2 Å². The van der Waals surface area contributed by atoms with Crippen molar-refractivity contribution in [1.82, 2.24) is 5.32 Å². The van der Waals surface area contributed by atoms with Crippen molar-refractivity contribution in [2.24, 2.45) is 0 Å². The molecule has 3 nitrogen and oxygen atoms in total. The maximum atomic E-state index is 13.2. The Bertz CT molecular complexity index is 457. The normalized spacial score (nSPS) is 11.3. The van der Waals surface area contributed by atoms with E-state index in [1.54, 1.807) is 0 Å². The minimum atomic E-state index is -1.45. The zero-order chi connectivity index (χ0) is 12.8. The molecule has 0 saturated carbocycles. The molecule has 0 radical (unpaired) electrons. The number of amides is 1. The Kier molecular flexibility index (Phi) is 4.61. The monoisotopic (exact) mass is 239 g/mol. The summed E-state index contributed by atoms with van der Waals surface area (Å²) < 4.78 is 26.5. The first-order valence-corrected chi connectivity index (χ1v) is 4.88. The van der Waals surface area contributed by atoms with E-state index < -0.39 is 29.2 Å². The van der Waals surface area contributed by atoms with Gasteiger partial charge in [-0.3, -0.25) is 4.79 Å². The molecule has 0 spiro atoms. The second-order valence-corrected chi connectivity index (χ2v) is 3.24. The zero-order valence-electron chi connectivity index (χ0n) is 9.13. The molecular formula is C12H11F2NO2. The number of nitrogens with one attached hydrogen (secondary N) is 1. The zero-order valence-corrected chi connectivity index (χ0v) is 9.13. The highest BCUT2D eigenvalue weighted by Gasteiger charge is 2.17. The fourth-order valence-corrected chi connectivity index (χ4v) is 1.28. The van der Waals surface area contributed by atoms with Crippen molar-refractivity contribution in [3.8, 4) is 11.8 Å². The van der Waals surface area contributed by atoms with Crippen LogP contribution < -0.4 is 5.32 Å². The van der Waals surface area contributed by atoms with Crippen molar-refractivity contribution in [2.45, 2.75) is 13.0 Å². The highest BCUT2D eigenvalue weighted by atomic mass is 19.1. The van der Waals surface area contributed by atoms with Crippen molar-refractivity contribution in [3.05, 3.63) is 35.4 Å². The largest absolute Gasteiger partial charge is 0.386 e. The van der Waals surface area contributed by atoms with E-state index in [4.69, 9.17) is 0 Å². The Morgan fingerprint density at radius 2 is 2.06 bits per heavy atom. The summed E-state index contributed by atoms with van der Waals surface area (Å²) in [6.45, 7) is 1.18. The van der Waals surface area contributed by atoms with Crippen LogP contribution >= 0.6 is 0 Å². The molecule has 0 heterocycles. The van der Waals surface area contributed by atoms with Crippen LogP contribution in [0.3, 0.4) is 0 Å². The second-order valence-electron chi connectivity index (χ2n) is 3.24. The fourth-order valence-electron chi connectivity index (χ4n) is 1.28. The lowest BCUT2D eigenvalue weighted by molar-refractivity contribution is -0.116. The van der Waals surface area contributed by atoms with E-state index in [9.17, 15) is 18.7 Å². The van der Waals surface area contributed by atoms with Gasteiger partial charge in [0.15, 0.2) is 0 Å². The van der Waals surface area contributed by atoms with Crippen LogP contribution in [0.5, 0.6) is 0 Å². The molecule has 1 unspecified atom stereocenters. The Morgan fingerprint density at radius 3 is 2.59 bits per heavy atom. The highest BCUT2D eigenvalue weighted by molar-refractivity contribution is 5.93. The summed E-state index contributed by atoms with van der Waals surface area (Å²) in [6, 6.07) is 3.27. The van der Waals surface area contributed by atoms with E-state index in [-0.39, 0.29) is 6.54 Å². The average molecular weight is 239 g/mol. The molecule has 1 aromatic rings. The maximum Gasteiger partial charge on any atom is 0.295 e. The number of halogens is 2. The molecule has 2 N–H and O–H groups in total. The quantitative estimate of drug-likeness (QED) is 0.777. The summed E-state index contributed by atoms with van der Waals surface area (Å²) in [4.78, 5) is 11.0. The van der Waals surface area contributed by atoms with Crippen LogP contribution in [-0.4, -0.2) is 17.6 Å². The van der Waals surface area contributed by atoms with Crippen LogP contribution in [0.25, 0.3) is 0 Å². The van der Waals surface area contributed by atoms with Gasteiger partial charge in [0, 0.05) is 6.54 Å². The number of hydrogen-bond donors (Lipinski definition) is 2. The minimum absolute atomic E-state index is 0.300. The van der Waals surface area contributed by atoms with Crippen molar-refractivity contribution in [2.75, 3.05) is 6.54 Å². The smallest absolute Gasteiger partial charge is 0.295 e. The lowest BCUT2D eigenvalue weighted by Crippen LogP contribution is -2.27. The van der Waals surface area contributed by atoms with Gasteiger partial charge in [-0.1, -0.05) is 12.0 Å². The first-order chi connectivity index (χ1) is 8.06. The molecule has 17 heavy (non-hydrogen) atoms. The van der Waals surface area contributed by atoms with Gasteiger partial charge in [0.1, 0.15) is 17.7 Å². The van der Waals surface area contributed by atoms with Gasteiger partial charge >= 0.3 is 0 Å². The molecule has 0 aliphatic carbocycles. The van der Waals surface area contributed by atoms with Crippen LogP contribution in [0.2, 0.25) is 0 Å². The first kappa shape index (κ1) is 13.1. The maximum absolute atomic E-state index is 13.2. The SMILES string of the molecule is CC#CC(=O)NCC(O)c1c(F)cccc1F. The molecule has 1 rings (SSSR count). The number of aliphatic hydroxyl groups is 1. The van der Waals surface area contributed by atoms with Crippen molar-refractivity contribution < 1.29 is 18.7 Å². The van der Waals surface area contributed by atoms with Gasteiger partial charge in [0.25, 0.3) is 5.91 Å². The molecule has 1 atom stereocenters. The predicted molar refractivity (Wildman–Crippen MR) is 57.8 cm³/mol. The number of hydrogen-bond acceptors (Lipinski definition) is 2. The molecule has 0 aliphatic heterocycles. The summed E-state index contributed by atoms with van der Waals surface area (Å²) >= 11 is 0. The molecule has 1 aromatic carbocycles. The van der Waals surface area contributed by atoms with Crippen LogP contribution in [0.4, 0.5) is 8.78 Å². The van der Waals surface area contributed by atoms with E-state index in [1.165, 1.54) is 13.0 Å². The van der Waals surface area contributed by atoms with Crippen molar-refractivity contribution in [1.29, 1.82) is 0 Å². The Balaban J connectivity index is 2.72. The standard InChI is InChI=1S/C12H11F2NO2/c1-2-4-11(17)15-7-10(16)12-8(13)5-3-6-9(12)14/h3,5-6,10,16H,7H2,1H3,(H,15,17). The van der Waals surface area contributed by atoms with Gasteiger partial charge in [0.2, 0.25) is 0 Å².